The monoisotopic (exact) mass is 297 g/mol. The van der Waals surface area contributed by atoms with Crippen molar-refractivity contribution >= 4 is 16.6 Å². The van der Waals surface area contributed by atoms with Crippen LogP contribution in [0.2, 0.25) is 0 Å². The van der Waals surface area contributed by atoms with Crippen molar-refractivity contribution in [3.8, 4) is 0 Å². The number of ketones is 1. The lowest BCUT2D eigenvalue weighted by Gasteiger charge is -2.27. The molecule has 0 aliphatic heterocycles. The number of fused-ring (bicyclic) bond motifs is 1. The first kappa shape index (κ1) is 14.7. The third kappa shape index (κ3) is 2.86. The normalized spacial score (nSPS) is 20.0. The van der Waals surface area contributed by atoms with Gasteiger partial charge in [-0.1, -0.05) is 48.9 Å². The van der Waals surface area contributed by atoms with Crippen LogP contribution in [0, 0.1) is 16.0 Å². The Morgan fingerprint density at radius 1 is 1.14 bits per heavy atom. The molecular formula is C18H19NO3. The van der Waals surface area contributed by atoms with Crippen LogP contribution in [0.4, 0.5) is 0 Å². The van der Waals surface area contributed by atoms with Crippen molar-refractivity contribution in [1.29, 1.82) is 0 Å². The Labute approximate surface area is 129 Å². The molecule has 4 heteroatoms. The fraction of sp³-hybridized carbons (Fsp3) is 0.389. The zero-order valence-corrected chi connectivity index (χ0v) is 12.4. The summed E-state index contributed by atoms with van der Waals surface area (Å²) in [6, 6.07) is 13.8. The fourth-order valence-corrected chi connectivity index (χ4v) is 3.61. The summed E-state index contributed by atoms with van der Waals surface area (Å²) in [5.41, 5.74) is 0.940. The smallest absolute Gasteiger partial charge is 0.211 e. The zero-order chi connectivity index (χ0) is 15.5. The van der Waals surface area contributed by atoms with Gasteiger partial charge in [0.25, 0.3) is 0 Å². The first-order valence-corrected chi connectivity index (χ1v) is 7.79. The van der Waals surface area contributed by atoms with E-state index in [9.17, 15) is 14.9 Å². The van der Waals surface area contributed by atoms with Crippen molar-refractivity contribution in [1.82, 2.24) is 0 Å². The van der Waals surface area contributed by atoms with Crippen LogP contribution in [0.5, 0.6) is 0 Å². The summed E-state index contributed by atoms with van der Waals surface area (Å²) >= 11 is 0. The van der Waals surface area contributed by atoms with Gasteiger partial charge in [0.05, 0.1) is 5.92 Å². The molecule has 1 saturated carbocycles. The number of benzene rings is 2. The lowest BCUT2D eigenvalue weighted by molar-refractivity contribution is -0.484. The molecule has 1 aliphatic rings. The van der Waals surface area contributed by atoms with Crippen LogP contribution in [0.25, 0.3) is 10.8 Å². The lowest BCUT2D eigenvalue weighted by Crippen LogP contribution is -2.30. The summed E-state index contributed by atoms with van der Waals surface area (Å²) < 4.78 is 0. The Balaban J connectivity index is 2.07. The molecule has 114 valence electrons. The first-order chi connectivity index (χ1) is 10.7. The van der Waals surface area contributed by atoms with Gasteiger partial charge in [-0.05, 0) is 29.2 Å². The zero-order valence-electron chi connectivity index (χ0n) is 12.4. The molecule has 0 spiro atoms. The molecule has 0 saturated heterocycles. The van der Waals surface area contributed by atoms with Crippen molar-refractivity contribution in [3.05, 3.63) is 58.1 Å². The SMILES string of the molecule is O=C1CCCC[C@@H]1[C@H](C[N+](=O)[O-])c1cccc2ccccc12. The molecule has 2 aromatic rings. The van der Waals surface area contributed by atoms with Gasteiger partial charge >= 0.3 is 0 Å². The lowest BCUT2D eigenvalue weighted by atomic mass is 9.75. The highest BCUT2D eigenvalue weighted by molar-refractivity contribution is 5.88. The molecule has 0 amide bonds. The first-order valence-electron chi connectivity index (χ1n) is 7.79. The van der Waals surface area contributed by atoms with E-state index in [1.165, 1.54) is 0 Å². The molecule has 1 fully saturated rings. The topological polar surface area (TPSA) is 60.2 Å². The maximum absolute atomic E-state index is 12.3. The van der Waals surface area contributed by atoms with Gasteiger partial charge in [0, 0.05) is 17.3 Å². The Morgan fingerprint density at radius 2 is 1.91 bits per heavy atom. The maximum atomic E-state index is 12.3. The minimum atomic E-state index is -0.325. The standard InChI is InChI=1S/C18H19NO3/c20-18-11-4-3-9-16(18)17(12-19(21)22)15-10-5-7-13-6-1-2-8-14(13)15/h1-2,5-8,10,16-17H,3-4,9,11-12H2/t16-,17-/m1/s1. The largest absolute Gasteiger partial charge is 0.299 e. The van der Waals surface area contributed by atoms with Crippen molar-refractivity contribution in [3.63, 3.8) is 0 Å². The van der Waals surface area contributed by atoms with Crippen molar-refractivity contribution < 1.29 is 9.72 Å². The Morgan fingerprint density at radius 3 is 2.68 bits per heavy atom. The highest BCUT2D eigenvalue weighted by Crippen LogP contribution is 2.37. The average Bonchev–Trinajstić information content (AvgIpc) is 2.53. The van der Waals surface area contributed by atoms with E-state index in [0.29, 0.717) is 6.42 Å². The third-order valence-electron chi connectivity index (χ3n) is 4.66. The number of Topliss-reactive ketones (excluding diaryl/α,β-unsaturated/α-hetero) is 1. The van der Waals surface area contributed by atoms with Crippen LogP contribution in [0.15, 0.2) is 42.5 Å². The van der Waals surface area contributed by atoms with E-state index in [2.05, 4.69) is 0 Å². The van der Waals surface area contributed by atoms with Crippen LogP contribution < -0.4 is 0 Å². The molecule has 0 radical (unpaired) electrons. The number of carbonyl (C=O) groups excluding carboxylic acids is 1. The van der Waals surface area contributed by atoms with Crippen molar-refractivity contribution in [2.75, 3.05) is 6.54 Å². The highest BCUT2D eigenvalue weighted by Gasteiger charge is 2.35. The van der Waals surface area contributed by atoms with Gasteiger partial charge in [-0.2, -0.15) is 0 Å². The van der Waals surface area contributed by atoms with Gasteiger partial charge in [0.2, 0.25) is 6.54 Å². The highest BCUT2D eigenvalue weighted by atomic mass is 16.6. The summed E-state index contributed by atoms with van der Waals surface area (Å²) in [4.78, 5) is 23.2. The molecule has 0 N–H and O–H groups in total. The number of hydrogen-bond donors (Lipinski definition) is 0. The van der Waals surface area contributed by atoms with Crippen LogP contribution in [-0.2, 0) is 4.79 Å². The van der Waals surface area contributed by atoms with E-state index in [1.54, 1.807) is 0 Å². The summed E-state index contributed by atoms with van der Waals surface area (Å²) in [5.74, 6) is -0.357. The van der Waals surface area contributed by atoms with Crippen LogP contribution in [0.1, 0.15) is 37.2 Å². The maximum Gasteiger partial charge on any atom is 0.211 e. The van der Waals surface area contributed by atoms with Gasteiger partial charge in [-0.15, -0.1) is 0 Å². The van der Waals surface area contributed by atoms with Crippen molar-refractivity contribution in [2.24, 2.45) is 5.92 Å². The second kappa shape index (κ2) is 6.26. The van der Waals surface area contributed by atoms with Gasteiger partial charge in [0.1, 0.15) is 5.78 Å². The Bertz CT molecular complexity index is 705. The summed E-state index contributed by atoms with van der Waals surface area (Å²) in [6.45, 7) is -0.176. The number of hydrogen-bond acceptors (Lipinski definition) is 3. The van der Waals surface area contributed by atoms with Gasteiger partial charge in [0.15, 0.2) is 0 Å². The van der Waals surface area contributed by atoms with Crippen LogP contribution in [-0.4, -0.2) is 17.3 Å². The Kier molecular flexibility index (Phi) is 4.18. The van der Waals surface area contributed by atoms with Gasteiger partial charge < -0.3 is 0 Å². The second-order valence-electron chi connectivity index (χ2n) is 6.01. The molecule has 4 nitrogen and oxygen atoms in total. The van der Waals surface area contributed by atoms with E-state index in [0.717, 1.165) is 35.6 Å². The molecule has 3 rings (SSSR count). The van der Waals surface area contributed by atoms with Gasteiger partial charge in [-0.25, -0.2) is 0 Å². The van der Waals surface area contributed by atoms with E-state index >= 15 is 0 Å². The van der Waals surface area contributed by atoms with Crippen LogP contribution >= 0.6 is 0 Å². The fourth-order valence-electron chi connectivity index (χ4n) is 3.61. The predicted octanol–water partition coefficient (Wildman–Crippen LogP) is 3.96. The molecule has 2 atom stereocenters. The Hall–Kier alpha value is -2.23. The predicted molar refractivity (Wildman–Crippen MR) is 85.5 cm³/mol. The average molecular weight is 297 g/mol. The summed E-state index contributed by atoms with van der Waals surface area (Å²) in [6.07, 6.45) is 3.22. The van der Waals surface area contributed by atoms with E-state index in [-0.39, 0.29) is 29.1 Å². The summed E-state index contributed by atoms with van der Waals surface area (Å²) in [7, 11) is 0. The number of nitro groups is 1. The molecule has 0 heterocycles. The van der Waals surface area contributed by atoms with Gasteiger partial charge in [-0.3, -0.25) is 14.9 Å². The molecule has 0 aromatic heterocycles. The molecule has 0 unspecified atom stereocenters. The molecular weight excluding hydrogens is 278 g/mol. The quantitative estimate of drug-likeness (QED) is 0.634. The third-order valence-corrected chi connectivity index (χ3v) is 4.66. The summed E-state index contributed by atoms with van der Waals surface area (Å²) in [5, 5.41) is 13.3. The molecule has 2 aromatic carbocycles. The number of rotatable bonds is 4. The molecule has 1 aliphatic carbocycles. The van der Waals surface area contributed by atoms with E-state index in [1.807, 2.05) is 42.5 Å². The molecule has 0 bridgehead atoms. The van der Waals surface area contributed by atoms with Crippen molar-refractivity contribution in [2.45, 2.75) is 31.6 Å². The minimum Gasteiger partial charge on any atom is -0.299 e. The van der Waals surface area contributed by atoms with E-state index < -0.39 is 0 Å². The molecule has 22 heavy (non-hydrogen) atoms. The second-order valence-corrected chi connectivity index (χ2v) is 6.01. The van der Waals surface area contributed by atoms with Crippen LogP contribution in [0.3, 0.4) is 0 Å². The number of nitrogens with zero attached hydrogens (tertiary/aromatic N) is 1. The van der Waals surface area contributed by atoms with E-state index in [4.69, 9.17) is 0 Å². The number of carbonyl (C=O) groups is 1. The minimum absolute atomic E-state index is 0.176.